The number of carbonyl (C=O) groups is 1. The molecule has 32 heavy (non-hydrogen) atoms. The molecule has 1 N–H and O–H groups in total. The van der Waals surface area contributed by atoms with Gasteiger partial charge in [-0.15, -0.1) is 0 Å². The average molecular weight is 474 g/mol. The van der Waals surface area contributed by atoms with Gasteiger partial charge < -0.3 is 10.1 Å². The lowest BCUT2D eigenvalue weighted by molar-refractivity contribution is -0.137. The lowest BCUT2D eigenvalue weighted by atomic mass is 9.97. The lowest BCUT2D eigenvalue weighted by Gasteiger charge is -2.30. The molecule has 0 radical (unpaired) electrons. The van der Waals surface area contributed by atoms with Crippen molar-refractivity contribution < 1.29 is 35.5 Å². The zero-order chi connectivity index (χ0) is 23.5. The van der Waals surface area contributed by atoms with Crippen LogP contribution < -0.4 is 10.1 Å². The van der Waals surface area contributed by atoms with Gasteiger partial charge in [0.25, 0.3) is 0 Å². The number of hydrogen-bond acceptors (Lipinski definition) is 4. The molecule has 1 fully saturated rings. The zero-order valence-electron chi connectivity index (χ0n) is 17.2. The molecule has 3 rings (SSSR count). The average Bonchev–Trinajstić information content (AvgIpc) is 2.74. The molecule has 0 saturated carbocycles. The fourth-order valence-electron chi connectivity index (χ4n) is 3.43. The first-order valence-corrected chi connectivity index (χ1v) is 11.4. The number of carbonyl (C=O) groups excluding carboxylic acids is 1. The maximum atomic E-state index is 13.1. The van der Waals surface area contributed by atoms with Crippen molar-refractivity contribution in [2.24, 2.45) is 5.92 Å². The Morgan fingerprint density at radius 3 is 2.31 bits per heavy atom. The minimum atomic E-state index is -4.58. The Hall–Kier alpha value is -2.66. The highest BCUT2D eigenvalue weighted by Gasteiger charge is 2.34. The van der Waals surface area contributed by atoms with Crippen LogP contribution in [0.1, 0.15) is 25.3 Å². The quantitative estimate of drug-likeness (QED) is 0.634. The molecule has 2 aromatic carbocycles. The summed E-state index contributed by atoms with van der Waals surface area (Å²) in [4.78, 5) is 12.6. The van der Waals surface area contributed by atoms with Crippen molar-refractivity contribution in [3.8, 4) is 5.75 Å². The summed E-state index contributed by atoms with van der Waals surface area (Å²) in [6, 6.07) is 7.30. The largest absolute Gasteiger partial charge is 0.492 e. The Morgan fingerprint density at radius 2 is 1.75 bits per heavy atom. The number of anilines is 1. The summed E-state index contributed by atoms with van der Waals surface area (Å²) in [6.07, 6.45) is -4.20. The molecular weight excluding hydrogens is 452 g/mol. The predicted octanol–water partition coefficient (Wildman–Crippen LogP) is 4.28. The highest BCUT2D eigenvalue weighted by atomic mass is 32.2. The molecule has 11 heteroatoms. The molecule has 0 aliphatic carbocycles. The summed E-state index contributed by atoms with van der Waals surface area (Å²) in [7, 11) is -3.83. The van der Waals surface area contributed by atoms with Crippen LogP contribution in [0.5, 0.6) is 5.75 Å². The van der Waals surface area contributed by atoms with Crippen molar-refractivity contribution >= 4 is 21.6 Å². The Balaban J connectivity index is 1.69. The van der Waals surface area contributed by atoms with Crippen LogP contribution in [0.25, 0.3) is 0 Å². The van der Waals surface area contributed by atoms with Crippen molar-refractivity contribution in [2.75, 3.05) is 25.0 Å². The topological polar surface area (TPSA) is 75.7 Å². The van der Waals surface area contributed by atoms with Gasteiger partial charge in [0.2, 0.25) is 15.9 Å². The number of piperidine rings is 1. The van der Waals surface area contributed by atoms with Crippen LogP contribution in [0.15, 0.2) is 47.4 Å². The molecule has 1 heterocycles. The first kappa shape index (κ1) is 24.0. The van der Waals surface area contributed by atoms with Gasteiger partial charge in [-0.25, -0.2) is 12.8 Å². The summed E-state index contributed by atoms with van der Waals surface area (Å²) in [5.41, 5.74) is -1.01. The molecule has 0 atom stereocenters. The first-order chi connectivity index (χ1) is 15.0. The number of benzene rings is 2. The molecule has 1 amide bonds. The van der Waals surface area contributed by atoms with E-state index in [0.29, 0.717) is 0 Å². The molecule has 0 unspecified atom stereocenters. The SMILES string of the molecule is CCOc1ccc(C(F)(F)F)cc1NC(=O)C1CCN(S(=O)(=O)c2ccc(F)cc2)CC1. The van der Waals surface area contributed by atoms with Crippen molar-refractivity contribution in [2.45, 2.75) is 30.8 Å². The third kappa shape index (κ3) is 5.39. The Kier molecular flexibility index (Phi) is 7.09. The molecule has 6 nitrogen and oxygen atoms in total. The van der Waals surface area contributed by atoms with Crippen LogP contribution in [0.2, 0.25) is 0 Å². The predicted molar refractivity (Wildman–Crippen MR) is 109 cm³/mol. The van der Waals surface area contributed by atoms with Gasteiger partial charge in [0.1, 0.15) is 11.6 Å². The Labute approximate surface area is 183 Å². The molecular formula is C21H22F4N2O4S. The minimum Gasteiger partial charge on any atom is -0.492 e. The molecule has 0 spiro atoms. The van der Waals surface area contributed by atoms with Crippen molar-refractivity contribution in [1.82, 2.24) is 4.31 Å². The summed E-state index contributed by atoms with van der Waals surface area (Å²) >= 11 is 0. The second-order valence-corrected chi connectivity index (χ2v) is 9.20. The third-order valence-electron chi connectivity index (χ3n) is 5.14. The van der Waals surface area contributed by atoms with E-state index in [-0.39, 0.29) is 48.9 Å². The summed E-state index contributed by atoms with van der Waals surface area (Å²) < 4.78 is 84.2. The Bertz CT molecular complexity index is 1060. The number of hydrogen-bond donors (Lipinski definition) is 1. The van der Waals surface area contributed by atoms with Crippen molar-refractivity contribution in [1.29, 1.82) is 0 Å². The maximum Gasteiger partial charge on any atom is 0.416 e. The van der Waals surface area contributed by atoms with Crippen LogP contribution in [-0.2, 0) is 21.0 Å². The van der Waals surface area contributed by atoms with Gasteiger partial charge in [-0.2, -0.15) is 17.5 Å². The standard InChI is InChI=1S/C21H22F4N2O4S/c1-2-31-19-8-3-15(21(23,24)25)13-18(19)26-20(28)14-9-11-27(12-10-14)32(29,30)17-6-4-16(22)5-7-17/h3-8,13-14H,2,9-12H2,1H3,(H,26,28). The van der Waals surface area contributed by atoms with Crippen LogP contribution in [0.4, 0.5) is 23.2 Å². The zero-order valence-corrected chi connectivity index (χ0v) is 18.0. The fraction of sp³-hybridized carbons (Fsp3) is 0.381. The van der Waals surface area contributed by atoms with E-state index in [9.17, 15) is 30.8 Å². The van der Waals surface area contributed by atoms with E-state index in [1.807, 2.05) is 0 Å². The summed E-state index contributed by atoms with van der Waals surface area (Å²) in [6.45, 7) is 1.98. The fourth-order valence-corrected chi connectivity index (χ4v) is 4.90. The second-order valence-electron chi connectivity index (χ2n) is 7.26. The molecule has 0 aromatic heterocycles. The molecule has 0 bridgehead atoms. The van der Waals surface area contributed by atoms with E-state index in [0.717, 1.165) is 30.3 Å². The maximum absolute atomic E-state index is 13.1. The van der Waals surface area contributed by atoms with Crippen molar-refractivity contribution in [3.05, 3.63) is 53.8 Å². The molecule has 2 aromatic rings. The van der Waals surface area contributed by atoms with Crippen LogP contribution in [-0.4, -0.2) is 38.3 Å². The van der Waals surface area contributed by atoms with Gasteiger partial charge in [-0.05, 0) is 62.2 Å². The van der Waals surface area contributed by atoms with Gasteiger partial charge in [0.05, 0.1) is 22.8 Å². The van der Waals surface area contributed by atoms with Gasteiger partial charge in [0, 0.05) is 19.0 Å². The normalized spacial score (nSPS) is 16.0. The monoisotopic (exact) mass is 474 g/mol. The summed E-state index contributed by atoms with van der Waals surface area (Å²) in [5, 5.41) is 2.50. The minimum absolute atomic E-state index is 0.0490. The van der Waals surface area contributed by atoms with Gasteiger partial charge in [0.15, 0.2) is 0 Å². The van der Waals surface area contributed by atoms with E-state index in [1.165, 1.54) is 16.4 Å². The van der Waals surface area contributed by atoms with Crippen molar-refractivity contribution in [3.63, 3.8) is 0 Å². The highest BCUT2D eigenvalue weighted by Crippen LogP contribution is 2.35. The number of nitrogens with zero attached hydrogens (tertiary/aromatic N) is 1. The molecule has 1 aliphatic rings. The molecule has 1 saturated heterocycles. The number of ether oxygens (including phenoxy) is 1. The first-order valence-electron chi connectivity index (χ1n) is 9.93. The van der Waals surface area contributed by atoms with Gasteiger partial charge in [-0.3, -0.25) is 4.79 Å². The molecule has 1 aliphatic heterocycles. The Morgan fingerprint density at radius 1 is 1.12 bits per heavy atom. The smallest absolute Gasteiger partial charge is 0.416 e. The number of amides is 1. The number of halogens is 4. The number of rotatable bonds is 6. The van der Waals surface area contributed by atoms with Gasteiger partial charge in [-0.1, -0.05) is 0 Å². The number of nitrogens with one attached hydrogen (secondary N) is 1. The number of sulfonamides is 1. The van der Waals surface area contributed by atoms with E-state index in [1.54, 1.807) is 6.92 Å². The molecule has 174 valence electrons. The summed E-state index contributed by atoms with van der Waals surface area (Å²) in [5.74, 6) is -1.53. The highest BCUT2D eigenvalue weighted by molar-refractivity contribution is 7.89. The van der Waals surface area contributed by atoms with Crippen LogP contribution in [0, 0.1) is 11.7 Å². The second kappa shape index (κ2) is 9.45. The van der Waals surface area contributed by atoms with Gasteiger partial charge >= 0.3 is 6.18 Å². The van der Waals surface area contributed by atoms with E-state index in [2.05, 4.69) is 5.32 Å². The number of alkyl halides is 3. The lowest BCUT2D eigenvalue weighted by Crippen LogP contribution is -2.41. The van der Waals surface area contributed by atoms with Crippen LogP contribution in [0.3, 0.4) is 0 Å². The van der Waals surface area contributed by atoms with E-state index >= 15 is 0 Å². The third-order valence-corrected chi connectivity index (χ3v) is 7.05. The van der Waals surface area contributed by atoms with E-state index < -0.39 is 39.4 Å². The van der Waals surface area contributed by atoms with E-state index in [4.69, 9.17) is 4.74 Å². The van der Waals surface area contributed by atoms with Crippen LogP contribution >= 0.6 is 0 Å².